The van der Waals surface area contributed by atoms with Crippen LogP contribution in [0.1, 0.15) is 87.6 Å². The number of allylic oxidation sites excluding steroid dienone is 1. The first-order valence-electron chi connectivity index (χ1n) is 22.6. The minimum Gasteiger partial charge on any atom is -0.497 e. The molecule has 3 N–H and O–H groups in total. The van der Waals surface area contributed by atoms with Gasteiger partial charge in [-0.05, 0) is 117 Å². The van der Waals surface area contributed by atoms with Crippen molar-refractivity contribution in [3.8, 4) is 23.0 Å². The Morgan fingerprint density at radius 2 is 1.66 bits per heavy atom. The number of likely N-dealkylation sites (N-methyl/N-ethyl adjacent to an activating group) is 1. The minimum absolute atomic E-state index is 0.0169. The van der Waals surface area contributed by atoms with Crippen LogP contribution in [0.2, 0.25) is 0 Å². The number of hydrogen-bond donors (Lipinski definition) is 3. The fourth-order valence-corrected chi connectivity index (χ4v) is 9.80. The summed E-state index contributed by atoms with van der Waals surface area (Å²) in [4.78, 5) is 36.4. The summed E-state index contributed by atoms with van der Waals surface area (Å²) in [5, 5.41) is 29.6. The molecule has 1 fully saturated rings. The third kappa shape index (κ3) is 10.2. The highest BCUT2D eigenvalue weighted by molar-refractivity contribution is 6.04. The fourth-order valence-electron chi connectivity index (χ4n) is 9.80. The van der Waals surface area contributed by atoms with E-state index in [1.807, 2.05) is 69.3 Å². The van der Waals surface area contributed by atoms with Gasteiger partial charge in [-0.3, -0.25) is 10.1 Å². The molecule has 13 nitrogen and oxygen atoms in total. The summed E-state index contributed by atoms with van der Waals surface area (Å²) in [6.45, 7) is 10.1. The number of anilines is 1. The van der Waals surface area contributed by atoms with E-state index in [4.69, 9.17) is 33.7 Å². The molecule has 1 saturated carbocycles. The van der Waals surface area contributed by atoms with Crippen molar-refractivity contribution in [2.24, 2.45) is 22.9 Å². The van der Waals surface area contributed by atoms with E-state index in [1.54, 1.807) is 55.5 Å². The van der Waals surface area contributed by atoms with E-state index in [1.165, 1.54) is 7.11 Å². The molecule has 0 spiro atoms. The predicted molar refractivity (Wildman–Crippen MR) is 251 cm³/mol. The summed E-state index contributed by atoms with van der Waals surface area (Å²) in [5.41, 5.74) is 2.70. The van der Waals surface area contributed by atoms with Crippen LogP contribution in [0.25, 0.3) is 10.8 Å². The SMILES string of the molecule is C=CCO[C@@]12Oc3ccc(OC(=O)Nc4ccc(OC)cc4OC)cc3[C@H]3[C@H](CCCCO)[C@@H](CCCCO)C=C(C(=NOC(C)(C)C)C[C@@H]1N(C)C(=O)c1ccc4ccccc4c1)[C@H]32. The van der Waals surface area contributed by atoms with Crippen molar-refractivity contribution in [3.05, 3.63) is 114 Å². The van der Waals surface area contributed by atoms with Gasteiger partial charge in [0.05, 0.1) is 38.1 Å². The number of amides is 2. The maximum Gasteiger partial charge on any atom is 0.417 e. The maximum atomic E-state index is 14.9. The quantitative estimate of drug-likeness (QED) is 0.0499. The molecule has 346 valence electrons. The summed E-state index contributed by atoms with van der Waals surface area (Å²) in [6.07, 6.45) is 7.85. The number of carbonyl (C=O) groups excluding carboxylic acids is 2. The van der Waals surface area contributed by atoms with E-state index in [0.29, 0.717) is 52.8 Å². The minimum atomic E-state index is -1.45. The Kier molecular flexibility index (Phi) is 14.9. The van der Waals surface area contributed by atoms with Crippen LogP contribution in [0.15, 0.2) is 108 Å². The summed E-state index contributed by atoms with van der Waals surface area (Å²) in [5.74, 6) is -0.730. The molecule has 7 rings (SSSR count). The van der Waals surface area contributed by atoms with Crippen molar-refractivity contribution in [1.29, 1.82) is 0 Å². The first-order valence-corrected chi connectivity index (χ1v) is 22.6. The lowest BCUT2D eigenvalue weighted by Crippen LogP contribution is -2.69. The molecule has 4 aromatic carbocycles. The van der Waals surface area contributed by atoms with Gasteiger partial charge >= 0.3 is 6.09 Å². The van der Waals surface area contributed by atoms with Gasteiger partial charge in [0.25, 0.3) is 5.91 Å². The molecule has 0 radical (unpaired) electrons. The Bertz CT molecular complexity index is 2410. The average Bonchev–Trinajstić information content (AvgIpc) is 3.30. The van der Waals surface area contributed by atoms with E-state index in [-0.39, 0.29) is 49.9 Å². The molecular formula is C52H63N3O10. The Morgan fingerprint density at radius 3 is 2.37 bits per heavy atom. The zero-order chi connectivity index (χ0) is 46.3. The Morgan fingerprint density at radius 1 is 0.923 bits per heavy atom. The lowest BCUT2D eigenvalue weighted by atomic mass is 9.55. The third-order valence-electron chi connectivity index (χ3n) is 12.7. The summed E-state index contributed by atoms with van der Waals surface area (Å²) >= 11 is 0. The highest BCUT2D eigenvalue weighted by atomic mass is 16.7. The number of hydrogen-bond acceptors (Lipinski definition) is 11. The molecule has 0 aromatic heterocycles. The molecule has 0 unspecified atom stereocenters. The topological polar surface area (TPSA) is 158 Å². The normalized spacial score (nSPS) is 22.7. The van der Waals surface area contributed by atoms with Crippen molar-refractivity contribution in [3.63, 3.8) is 0 Å². The predicted octanol–water partition coefficient (Wildman–Crippen LogP) is 9.67. The maximum absolute atomic E-state index is 14.9. The molecule has 6 atom stereocenters. The van der Waals surface area contributed by atoms with Crippen LogP contribution < -0.4 is 24.3 Å². The lowest BCUT2D eigenvalue weighted by molar-refractivity contribution is -0.252. The first kappa shape index (κ1) is 47.1. The van der Waals surface area contributed by atoms with Gasteiger partial charge in [0.2, 0.25) is 5.79 Å². The molecule has 3 aliphatic rings. The number of oxime groups is 1. The molecule has 13 heteroatoms. The molecule has 0 bridgehead atoms. The third-order valence-corrected chi connectivity index (χ3v) is 12.7. The highest BCUT2D eigenvalue weighted by Crippen LogP contribution is 2.62. The van der Waals surface area contributed by atoms with Gasteiger partial charge in [-0.15, -0.1) is 6.58 Å². The number of rotatable bonds is 18. The Hall–Kier alpha value is -5.89. The molecule has 4 aromatic rings. The van der Waals surface area contributed by atoms with E-state index < -0.39 is 29.4 Å². The van der Waals surface area contributed by atoms with Gasteiger partial charge in [0.15, 0.2) is 0 Å². The van der Waals surface area contributed by atoms with Crippen LogP contribution in [0.4, 0.5) is 10.5 Å². The van der Waals surface area contributed by atoms with E-state index in [2.05, 4.69) is 18.0 Å². The van der Waals surface area contributed by atoms with Gasteiger partial charge in [0, 0.05) is 49.8 Å². The lowest BCUT2D eigenvalue weighted by Gasteiger charge is -2.59. The fraction of sp³-hybridized carbons (Fsp3) is 0.442. The van der Waals surface area contributed by atoms with Crippen molar-refractivity contribution in [2.75, 3.05) is 46.4 Å². The smallest absolute Gasteiger partial charge is 0.417 e. The Balaban J connectivity index is 1.39. The van der Waals surface area contributed by atoms with Gasteiger partial charge in [-0.25, -0.2) is 4.79 Å². The monoisotopic (exact) mass is 889 g/mol. The number of aliphatic hydroxyl groups is 2. The Labute approximate surface area is 382 Å². The number of aliphatic hydroxyl groups excluding tert-OH is 2. The summed E-state index contributed by atoms with van der Waals surface area (Å²) in [6, 6.07) is 23.4. The van der Waals surface area contributed by atoms with Gasteiger partial charge in [-0.2, -0.15) is 0 Å². The van der Waals surface area contributed by atoms with Crippen LogP contribution >= 0.6 is 0 Å². The van der Waals surface area contributed by atoms with E-state index in [0.717, 1.165) is 47.6 Å². The number of unbranched alkanes of at least 4 members (excludes halogenated alkanes) is 2. The molecule has 1 heterocycles. The molecule has 1 aliphatic heterocycles. The molecule has 2 amide bonds. The second kappa shape index (κ2) is 20.5. The number of fused-ring (bicyclic) bond motifs is 3. The van der Waals surface area contributed by atoms with Crippen LogP contribution in [-0.4, -0.2) is 91.3 Å². The van der Waals surface area contributed by atoms with Crippen LogP contribution in [-0.2, 0) is 9.57 Å². The number of nitrogens with zero attached hydrogens (tertiary/aromatic N) is 2. The van der Waals surface area contributed by atoms with Crippen LogP contribution in [0, 0.1) is 17.8 Å². The molecular weight excluding hydrogens is 827 g/mol. The van der Waals surface area contributed by atoms with E-state index >= 15 is 0 Å². The number of methoxy groups -OCH3 is 2. The van der Waals surface area contributed by atoms with Gasteiger partial charge in [0.1, 0.15) is 34.6 Å². The number of benzene rings is 4. The zero-order valence-electron chi connectivity index (χ0n) is 38.4. The average molecular weight is 890 g/mol. The van der Waals surface area contributed by atoms with E-state index in [9.17, 15) is 19.8 Å². The highest BCUT2D eigenvalue weighted by Gasteiger charge is 2.65. The standard InChI is InChI=1S/C52H63N3O10/c1-8-27-62-52-46(55(5)49(58)36-20-19-33-15-9-10-16-34(33)28-36)32-43(54-65-51(2,3)4)40-29-35(17-11-13-25-56)39(18-12-14-26-57)47(48(40)52)41-30-38(22-24-44(41)64-52)63-50(59)53-42-23-21-37(60-6)31-45(42)61-7/h8-10,15-16,19-24,28-31,35,39,46-48,56-57H,1,11-14,17-18,25-27,32H2,2-7H3,(H,53,59)/t35-,39+,46-,47+,48+,52+/m0/s1. The van der Waals surface area contributed by atoms with Gasteiger partial charge < -0.3 is 43.6 Å². The second-order valence-electron chi connectivity index (χ2n) is 18.0. The van der Waals surface area contributed by atoms with Gasteiger partial charge in [-0.1, -0.05) is 60.5 Å². The van der Waals surface area contributed by atoms with Crippen LogP contribution in [0.5, 0.6) is 23.0 Å². The molecule has 65 heavy (non-hydrogen) atoms. The van der Waals surface area contributed by atoms with Crippen molar-refractivity contribution in [1.82, 2.24) is 4.90 Å². The molecule has 2 aliphatic carbocycles. The van der Waals surface area contributed by atoms with Crippen molar-refractivity contribution < 1.29 is 48.3 Å². The number of carbonyl (C=O) groups is 2. The second-order valence-corrected chi connectivity index (χ2v) is 18.0. The largest absolute Gasteiger partial charge is 0.497 e. The summed E-state index contributed by atoms with van der Waals surface area (Å²) in [7, 11) is 4.85. The number of nitrogens with one attached hydrogen (secondary N) is 1. The summed E-state index contributed by atoms with van der Waals surface area (Å²) < 4.78 is 31.2. The molecule has 0 saturated heterocycles. The van der Waals surface area contributed by atoms with Crippen molar-refractivity contribution >= 4 is 34.2 Å². The number of ether oxygens (including phenoxy) is 5. The first-order chi connectivity index (χ1) is 31.3. The zero-order valence-corrected chi connectivity index (χ0v) is 38.4. The van der Waals surface area contributed by atoms with Crippen LogP contribution in [0.3, 0.4) is 0 Å². The van der Waals surface area contributed by atoms with Crippen molar-refractivity contribution in [2.45, 2.75) is 89.1 Å².